The van der Waals surface area contributed by atoms with E-state index in [1.54, 1.807) is 42.5 Å². The average molecular weight is 564 g/mol. The van der Waals surface area contributed by atoms with Crippen LogP contribution in [0.15, 0.2) is 71.6 Å². The first-order valence-corrected chi connectivity index (χ1v) is 13.9. The molecule has 0 aliphatic heterocycles. The van der Waals surface area contributed by atoms with E-state index in [0.717, 1.165) is 22.7 Å². The van der Waals surface area contributed by atoms with Crippen LogP contribution < -0.4 is 5.32 Å². The lowest BCUT2D eigenvalue weighted by Gasteiger charge is -2.23. The van der Waals surface area contributed by atoms with E-state index in [4.69, 9.17) is 27.9 Å². The summed E-state index contributed by atoms with van der Waals surface area (Å²) in [5, 5.41) is 3.26. The van der Waals surface area contributed by atoms with E-state index >= 15 is 0 Å². The molecule has 3 aromatic carbocycles. The van der Waals surface area contributed by atoms with Gasteiger partial charge in [-0.05, 0) is 61.9 Å². The molecule has 1 N–H and O–H groups in total. The van der Waals surface area contributed by atoms with Crippen molar-refractivity contribution in [2.75, 3.05) is 18.5 Å². The number of ether oxygens (including phenoxy) is 1. The van der Waals surface area contributed by atoms with E-state index in [2.05, 4.69) is 5.32 Å². The predicted octanol–water partition coefficient (Wildman–Crippen LogP) is 6.09. The number of halogens is 2. The van der Waals surface area contributed by atoms with Gasteiger partial charge in [0.1, 0.15) is 0 Å². The van der Waals surface area contributed by atoms with Crippen LogP contribution in [0, 0.1) is 6.92 Å². The Kier molecular flexibility index (Phi) is 10.1. The Morgan fingerprint density at radius 1 is 0.946 bits per heavy atom. The first-order valence-electron chi connectivity index (χ1n) is 11.7. The lowest BCUT2D eigenvalue weighted by atomic mass is 10.2. The Balaban J connectivity index is 1.79. The number of aryl methyl sites for hydroxylation is 1. The van der Waals surface area contributed by atoms with Crippen molar-refractivity contribution in [1.82, 2.24) is 4.31 Å². The molecule has 0 aromatic heterocycles. The van der Waals surface area contributed by atoms with E-state index in [0.29, 0.717) is 33.5 Å². The number of esters is 1. The average Bonchev–Trinajstić information content (AvgIpc) is 2.86. The fourth-order valence-corrected chi connectivity index (χ4v) is 5.27. The van der Waals surface area contributed by atoms with Gasteiger partial charge in [-0.2, -0.15) is 4.31 Å². The number of rotatable bonds is 11. The zero-order valence-electron chi connectivity index (χ0n) is 20.5. The van der Waals surface area contributed by atoms with Gasteiger partial charge < -0.3 is 10.1 Å². The summed E-state index contributed by atoms with van der Waals surface area (Å²) in [7, 11) is -4.07. The van der Waals surface area contributed by atoms with Crippen LogP contribution in [-0.4, -0.2) is 37.8 Å². The van der Waals surface area contributed by atoms with Gasteiger partial charge in [-0.1, -0.05) is 60.3 Å². The topological polar surface area (TPSA) is 92.8 Å². The highest BCUT2D eigenvalue weighted by Gasteiger charge is 2.28. The molecule has 0 bridgehead atoms. The van der Waals surface area contributed by atoms with Gasteiger partial charge in [0, 0.05) is 27.8 Å². The summed E-state index contributed by atoms with van der Waals surface area (Å²) in [6.07, 6.45) is 1.69. The van der Waals surface area contributed by atoms with E-state index in [1.165, 1.54) is 24.3 Å². The van der Waals surface area contributed by atoms with Crippen molar-refractivity contribution in [1.29, 1.82) is 0 Å². The Morgan fingerprint density at radius 2 is 1.57 bits per heavy atom. The number of carbonyl (C=O) groups is 2. The number of sulfonamides is 1. The van der Waals surface area contributed by atoms with Gasteiger partial charge in [0.05, 0.1) is 23.6 Å². The molecule has 0 unspecified atom stereocenters. The third kappa shape index (κ3) is 7.79. The highest BCUT2D eigenvalue weighted by Crippen LogP contribution is 2.28. The molecule has 0 heterocycles. The second kappa shape index (κ2) is 13.1. The maximum Gasteiger partial charge on any atom is 0.338 e. The number of benzene rings is 3. The number of unbranched alkanes of at least 4 members (excludes halogenated alkanes) is 1. The Labute approximate surface area is 227 Å². The lowest BCUT2D eigenvalue weighted by molar-refractivity contribution is -0.116. The third-order valence-electron chi connectivity index (χ3n) is 5.51. The molecule has 1 amide bonds. The summed E-state index contributed by atoms with van der Waals surface area (Å²) >= 11 is 12.6. The molecule has 3 aromatic rings. The molecule has 0 saturated carbocycles. The monoisotopic (exact) mass is 562 g/mol. The summed E-state index contributed by atoms with van der Waals surface area (Å²) in [6.45, 7) is 3.50. The Bertz CT molecular complexity index is 1320. The predicted molar refractivity (Wildman–Crippen MR) is 145 cm³/mol. The quantitative estimate of drug-likeness (QED) is 0.225. The molecule has 0 radical (unpaired) electrons. The summed E-state index contributed by atoms with van der Waals surface area (Å²) in [4.78, 5) is 25.1. The minimum absolute atomic E-state index is 0.0417. The molecule has 0 aliphatic carbocycles. The van der Waals surface area contributed by atoms with Crippen molar-refractivity contribution in [2.45, 2.75) is 38.1 Å². The van der Waals surface area contributed by atoms with Crippen molar-refractivity contribution < 1.29 is 22.7 Å². The molecule has 7 nitrogen and oxygen atoms in total. The fraction of sp³-hybridized carbons (Fsp3) is 0.259. The number of carbonyl (C=O) groups excluding carboxylic acids is 2. The van der Waals surface area contributed by atoms with Gasteiger partial charge in [-0.15, -0.1) is 0 Å². The van der Waals surface area contributed by atoms with Crippen LogP contribution in [0.5, 0.6) is 0 Å². The van der Waals surface area contributed by atoms with Crippen LogP contribution in [0.4, 0.5) is 5.69 Å². The number of hydrogen-bond donors (Lipinski definition) is 1. The highest BCUT2D eigenvalue weighted by molar-refractivity contribution is 7.89. The van der Waals surface area contributed by atoms with Crippen LogP contribution >= 0.6 is 23.2 Å². The first-order chi connectivity index (χ1) is 17.6. The van der Waals surface area contributed by atoms with Crippen molar-refractivity contribution in [2.24, 2.45) is 0 Å². The Morgan fingerprint density at radius 3 is 2.16 bits per heavy atom. The molecule has 0 spiro atoms. The molecule has 0 fully saturated rings. The Hall–Kier alpha value is -2.91. The lowest BCUT2D eigenvalue weighted by Crippen LogP contribution is -2.37. The second-order valence-corrected chi connectivity index (χ2v) is 11.2. The van der Waals surface area contributed by atoms with Gasteiger partial charge in [0.25, 0.3) is 0 Å². The zero-order valence-corrected chi connectivity index (χ0v) is 22.9. The zero-order chi connectivity index (χ0) is 27.0. The van der Waals surface area contributed by atoms with Gasteiger partial charge >= 0.3 is 5.97 Å². The number of nitrogens with one attached hydrogen (secondary N) is 1. The minimum Gasteiger partial charge on any atom is -0.462 e. The van der Waals surface area contributed by atoms with Crippen LogP contribution in [-0.2, 0) is 26.1 Å². The van der Waals surface area contributed by atoms with E-state index in [-0.39, 0.29) is 11.4 Å². The van der Waals surface area contributed by atoms with Gasteiger partial charge in [0.2, 0.25) is 15.9 Å². The number of anilines is 1. The van der Waals surface area contributed by atoms with Crippen molar-refractivity contribution >= 4 is 50.8 Å². The molecule has 37 heavy (non-hydrogen) atoms. The van der Waals surface area contributed by atoms with Crippen LogP contribution in [0.25, 0.3) is 0 Å². The number of amides is 1. The van der Waals surface area contributed by atoms with E-state index < -0.39 is 28.4 Å². The molecular formula is C27H28Cl2N2O5S. The normalized spacial score (nSPS) is 11.4. The smallest absolute Gasteiger partial charge is 0.338 e. The summed E-state index contributed by atoms with van der Waals surface area (Å²) in [5.41, 5.74) is 2.04. The summed E-state index contributed by atoms with van der Waals surface area (Å²) in [5.74, 6) is -1.02. The second-order valence-electron chi connectivity index (χ2n) is 8.40. The number of hydrogen-bond acceptors (Lipinski definition) is 5. The van der Waals surface area contributed by atoms with Crippen LogP contribution in [0.3, 0.4) is 0 Å². The summed E-state index contributed by atoms with van der Waals surface area (Å²) < 4.78 is 33.2. The van der Waals surface area contributed by atoms with Crippen molar-refractivity contribution in [3.05, 3.63) is 93.5 Å². The highest BCUT2D eigenvalue weighted by atomic mass is 35.5. The molecule has 0 atom stereocenters. The minimum atomic E-state index is -4.07. The van der Waals surface area contributed by atoms with Crippen molar-refractivity contribution in [3.63, 3.8) is 0 Å². The molecule has 3 rings (SSSR count). The van der Waals surface area contributed by atoms with E-state index in [9.17, 15) is 18.0 Å². The molecule has 196 valence electrons. The van der Waals surface area contributed by atoms with Gasteiger partial charge in [-0.3, -0.25) is 4.79 Å². The van der Waals surface area contributed by atoms with Gasteiger partial charge in [-0.25, -0.2) is 13.2 Å². The maximum absolute atomic E-state index is 13.5. The molecule has 0 aliphatic rings. The van der Waals surface area contributed by atoms with Crippen LogP contribution in [0.1, 0.15) is 41.3 Å². The van der Waals surface area contributed by atoms with Crippen molar-refractivity contribution in [3.8, 4) is 0 Å². The molecular weight excluding hydrogens is 535 g/mol. The standard InChI is InChI=1S/C27H28Cl2N2O5S/c1-3-4-16-36-27(33)20-10-12-21(13-11-20)30-26(32)18-31(17-23-24(28)6-5-7-25(23)29)37(34,35)22-14-8-19(2)9-15-22/h5-15H,3-4,16-18H2,1-2H3,(H,30,32). The summed E-state index contributed by atoms with van der Waals surface area (Å²) in [6, 6.07) is 17.4. The first kappa shape index (κ1) is 28.7. The van der Waals surface area contributed by atoms with Crippen LogP contribution in [0.2, 0.25) is 10.0 Å². The number of nitrogens with zero attached hydrogens (tertiary/aromatic N) is 1. The maximum atomic E-state index is 13.5. The molecule has 0 saturated heterocycles. The van der Waals surface area contributed by atoms with Gasteiger partial charge in [0.15, 0.2) is 0 Å². The molecule has 10 heteroatoms. The fourth-order valence-electron chi connectivity index (χ4n) is 3.39. The third-order valence-corrected chi connectivity index (χ3v) is 8.02. The SMILES string of the molecule is CCCCOC(=O)c1ccc(NC(=O)CN(Cc2c(Cl)cccc2Cl)S(=O)(=O)c2ccc(C)cc2)cc1. The largest absolute Gasteiger partial charge is 0.462 e. The van der Waals surface area contributed by atoms with E-state index in [1.807, 2.05) is 13.8 Å².